The molecule has 0 fully saturated rings. The van der Waals surface area contributed by atoms with E-state index < -0.39 is 0 Å². The van der Waals surface area contributed by atoms with Gasteiger partial charge >= 0.3 is 0 Å². The third-order valence-electron chi connectivity index (χ3n) is 1.03. The highest BCUT2D eigenvalue weighted by Gasteiger charge is 1.91. The standard InChI is InChI=1S/C8H12/c1-6(2)8(5)7(3)4/h1,3,5H2,2,4H3. The molecule has 0 spiro atoms. The zero-order valence-corrected chi connectivity index (χ0v) is 5.62. The molecule has 0 radical (unpaired) electrons. The summed E-state index contributed by atoms with van der Waals surface area (Å²) in [7, 11) is 0. The van der Waals surface area contributed by atoms with Crippen molar-refractivity contribution in [1.29, 1.82) is 0 Å². The largest absolute Gasteiger partial charge is 0.0955 e. The Morgan fingerprint density at radius 1 is 0.875 bits per heavy atom. The zero-order chi connectivity index (χ0) is 6.73. The van der Waals surface area contributed by atoms with E-state index >= 15 is 0 Å². The van der Waals surface area contributed by atoms with Crippen LogP contribution in [-0.4, -0.2) is 0 Å². The molecule has 0 aliphatic rings. The Morgan fingerprint density at radius 3 is 1.12 bits per heavy atom. The maximum atomic E-state index is 3.75. The van der Waals surface area contributed by atoms with Crippen LogP contribution in [0.25, 0.3) is 0 Å². The molecule has 0 aromatic heterocycles. The van der Waals surface area contributed by atoms with E-state index in [1.54, 1.807) is 0 Å². The normalized spacial score (nSPS) is 8.25. The highest BCUT2D eigenvalue weighted by molar-refractivity contribution is 5.38. The molecule has 8 heavy (non-hydrogen) atoms. The molecule has 0 saturated carbocycles. The summed E-state index contributed by atoms with van der Waals surface area (Å²) in [5, 5.41) is 0. The molecule has 0 heteroatoms. The molecule has 0 nitrogen and oxygen atoms in total. The monoisotopic (exact) mass is 108 g/mol. The van der Waals surface area contributed by atoms with E-state index in [9.17, 15) is 0 Å². The highest BCUT2D eigenvalue weighted by atomic mass is 14.0. The van der Waals surface area contributed by atoms with E-state index in [1.165, 1.54) is 0 Å². The summed E-state index contributed by atoms with van der Waals surface area (Å²) in [6, 6.07) is 0. The van der Waals surface area contributed by atoms with Crippen LogP contribution in [-0.2, 0) is 0 Å². The van der Waals surface area contributed by atoms with Crippen LogP contribution in [0.3, 0.4) is 0 Å². The molecule has 0 N–H and O–H groups in total. The van der Waals surface area contributed by atoms with Gasteiger partial charge < -0.3 is 0 Å². The fourth-order valence-electron chi connectivity index (χ4n) is 0.364. The number of rotatable bonds is 2. The van der Waals surface area contributed by atoms with Gasteiger partial charge in [0.1, 0.15) is 0 Å². The molecule has 0 bridgehead atoms. The van der Waals surface area contributed by atoms with Gasteiger partial charge in [-0.1, -0.05) is 30.9 Å². The average Bonchev–Trinajstić information content (AvgIpc) is 1.64. The van der Waals surface area contributed by atoms with Crippen LogP contribution in [0.2, 0.25) is 0 Å². The molecular formula is C8H12. The number of hydrogen-bond donors (Lipinski definition) is 0. The second-order valence-corrected chi connectivity index (χ2v) is 2.04. The molecule has 0 heterocycles. The second-order valence-electron chi connectivity index (χ2n) is 2.04. The van der Waals surface area contributed by atoms with Gasteiger partial charge in [-0.15, -0.1) is 0 Å². The van der Waals surface area contributed by atoms with Gasteiger partial charge in [0.05, 0.1) is 0 Å². The molecule has 44 valence electrons. The Bertz CT molecular complexity index is 122. The fraction of sp³-hybridized carbons (Fsp3) is 0.250. The van der Waals surface area contributed by atoms with Crippen molar-refractivity contribution < 1.29 is 0 Å². The van der Waals surface area contributed by atoms with E-state index in [-0.39, 0.29) is 0 Å². The van der Waals surface area contributed by atoms with E-state index in [4.69, 9.17) is 0 Å². The van der Waals surface area contributed by atoms with Crippen molar-refractivity contribution in [3.63, 3.8) is 0 Å². The van der Waals surface area contributed by atoms with Crippen LogP contribution in [0.1, 0.15) is 13.8 Å². The Morgan fingerprint density at radius 2 is 1.12 bits per heavy atom. The van der Waals surface area contributed by atoms with Crippen LogP contribution < -0.4 is 0 Å². The van der Waals surface area contributed by atoms with Gasteiger partial charge in [0, 0.05) is 0 Å². The summed E-state index contributed by atoms with van der Waals surface area (Å²) in [6.07, 6.45) is 0. The van der Waals surface area contributed by atoms with Crippen LogP contribution in [0.4, 0.5) is 0 Å². The van der Waals surface area contributed by atoms with E-state index in [0.717, 1.165) is 16.7 Å². The van der Waals surface area contributed by atoms with Crippen molar-refractivity contribution in [3.8, 4) is 0 Å². The van der Waals surface area contributed by atoms with Gasteiger partial charge in [0.25, 0.3) is 0 Å². The Hall–Kier alpha value is -0.780. The molecule has 0 saturated heterocycles. The minimum Gasteiger partial charge on any atom is -0.0955 e. The lowest BCUT2D eigenvalue weighted by molar-refractivity contribution is 1.36. The van der Waals surface area contributed by atoms with Crippen molar-refractivity contribution in [2.24, 2.45) is 0 Å². The predicted octanol–water partition coefficient (Wildman–Crippen LogP) is 2.69. The molecular weight excluding hydrogens is 96.1 g/mol. The van der Waals surface area contributed by atoms with Crippen molar-refractivity contribution in [2.75, 3.05) is 0 Å². The minimum absolute atomic E-state index is 0.963. The van der Waals surface area contributed by atoms with Crippen LogP contribution in [0, 0.1) is 0 Å². The third-order valence-corrected chi connectivity index (χ3v) is 1.03. The van der Waals surface area contributed by atoms with Gasteiger partial charge in [0.2, 0.25) is 0 Å². The lowest BCUT2D eigenvalue weighted by atomic mass is 10.1. The fourth-order valence-corrected chi connectivity index (χ4v) is 0.364. The maximum absolute atomic E-state index is 3.75. The van der Waals surface area contributed by atoms with Crippen LogP contribution in [0.5, 0.6) is 0 Å². The first-order chi connectivity index (χ1) is 3.55. The lowest BCUT2D eigenvalue weighted by Crippen LogP contribution is -1.80. The van der Waals surface area contributed by atoms with Crippen LogP contribution in [0.15, 0.2) is 36.5 Å². The first-order valence-electron chi connectivity index (χ1n) is 2.56. The van der Waals surface area contributed by atoms with Gasteiger partial charge in [-0.05, 0) is 19.4 Å². The van der Waals surface area contributed by atoms with Crippen molar-refractivity contribution in [3.05, 3.63) is 36.5 Å². The van der Waals surface area contributed by atoms with Crippen LogP contribution >= 0.6 is 0 Å². The first-order valence-corrected chi connectivity index (χ1v) is 2.56. The Labute approximate surface area is 51.2 Å². The molecule has 0 aliphatic carbocycles. The van der Waals surface area contributed by atoms with E-state index in [0.29, 0.717) is 0 Å². The molecule has 0 aromatic carbocycles. The summed E-state index contributed by atoms with van der Waals surface area (Å²) >= 11 is 0. The van der Waals surface area contributed by atoms with E-state index in [1.807, 2.05) is 13.8 Å². The van der Waals surface area contributed by atoms with Crippen molar-refractivity contribution >= 4 is 0 Å². The summed E-state index contributed by atoms with van der Waals surface area (Å²) < 4.78 is 0. The predicted molar refractivity (Wildman–Crippen MR) is 38.8 cm³/mol. The average molecular weight is 108 g/mol. The minimum atomic E-state index is 0.963. The smallest absolute Gasteiger partial charge is 0.0282 e. The molecule has 0 amide bonds. The summed E-state index contributed by atoms with van der Waals surface area (Å²) in [4.78, 5) is 0. The van der Waals surface area contributed by atoms with Crippen molar-refractivity contribution in [2.45, 2.75) is 13.8 Å². The third kappa shape index (κ3) is 1.78. The molecule has 0 unspecified atom stereocenters. The number of allylic oxidation sites excluding steroid dienone is 3. The quantitative estimate of drug-likeness (QED) is 0.477. The van der Waals surface area contributed by atoms with Gasteiger partial charge in [-0.3, -0.25) is 0 Å². The maximum Gasteiger partial charge on any atom is -0.0282 e. The Kier molecular flexibility index (Phi) is 2.26. The van der Waals surface area contributed by atoms with Gasteiger partial charge in [0.15, 0.2) is 0 Å². The van der Waals surface area contributed by atoms with Gasteiger partial charge in [-0.25, -0.2) is 0 Å². The first kappa shape index (κ1) is 7.22. The molecule has 0 aliphatic heterocycles. The number of hydrogen-bond acceptors (Lipinski definition) is 0. The lowest BCUT2D eigenvalue weighted by Gasteiger charge is -2.00. The van der Waals surface area contributed by atoms with Crippen molar-refractivity contribution in [1.82, 2.24) is 0 Å². The topological polar surface area (TPSA) is 0 Å². The van der Waals surface area contributed by atoms with Gasteiger partial charge in [-0.2, -0.15) is 0 Å². The Balaban J connectivity index is 4.05. The summed E-state index contributed by atoms with van der Waals surface area (Å²) in [5.41, 5.74) is 2.96. The molecule has 0 atom stereocenters. The second kappa shape index (κ2) is 2.51. The highest BCUT2D eigenvalue weighted by Crippen LogP contribution is 2.11. The van der Waals surface area contributed by atoms with E-state index in [2.05, 4.69) is 19.7 Å². The summed E-state index contributed by atoms with van der Waals surface area (Å²) in [5.74, 6) is 0. The molecule has 0 aromatic rings. The summed E-state index contributed by atoms with van der Waals surface area (Å²) in [6.45, 7) is 15.0. The molecule has 0 rings (SSSR count). The zero-order valence-electron chi connectivity index (χ0n) is 5.62. The SMILES string of the molecule is C=C(C)C(=C)C(=C)C.